The number of rotatable bonds is 4. The van der Waals surface area contributed by atoms with E-state index in [1.165, 1.54) is 0 Å². The van der Waals surface area contributed by atoms with Crippen LogP contribution in [0.2, 0.25) is 0 Å². The van der Waals surface area contributed by atoms with Crippen LogP contribution in [0, 0.1) is 5.92 Å². The predicted octanol–water partition coefficient (Wildman–Crippen LogP) is 4.22. The molecule has 1 N–H and O–H groups in total. The summed E-state index contributed by atoms with van der Waals surface area (Å²) in [5.74, 6) is 1.05. The monoisotopic (exact) mass is 441 g/mol. The van der Waals surface area contributed by atoms with Gasteiger partial charge in [0, 0.05) is 36.0 Å². The van der Waals surface area contributed by atoms with Gasteiger partial charge < -0.3 is 24.1 Å². The number of benzene rings is 3. The molecule has 2 amide bonds. The number of carbonyl (C=O) groups is 2. The van der Waals surface area contributed by atoms with Crippen molar-refractivity contribution < 1.29 is 23.5 Å². The molecule has 1 unspecified atom stereocenters. The van der Waals surface area contributed by atoms with E-state index in [9.17, 15) is 9.59 Å². The summed E-state index contributed by atoms with van der Waals surface area (Å²) in [5.41, 5.74) is 3.68. The summed E-state index contributed by atoms with van der Waals surface area (Å²) in [6, 6.07) is 20.2. The van der Waals surface area contributed by atoms with Crippen LogP contribution < -0.4 is 19.7 Å². The van der Waals surface area contributed by atoms with Crippen LogP contribution in [-0.4, -0.2) is 30.1 Å². The van der Waals surface area contributed by atoms with E-state index in [2.05, 4.69) is 10.3 Å². The van der Waals surface area contributed by atoms with Crippen LogP contribution in [0.4, 0.5) is 11.4 Å². The molecule has 2 aliphatic rings. The minimum atomic E-state index is -0.445. The first kappa shape index (κ1) is 19.4. The number of carbonyl (C=O) groups excluding carboxylic acids is 2. The molecule has 0 bridgehead atoms. The highest BCUT2D eigenvalue weighted by Gasteiger charge is 2.35. The van der Waals surface area contributed by atoms with Crippen LogP contribution in [0.15, 0.2) is 71.1 Å². The van der Waals surface area contributed by atoms with Crippen LogP contribution in [-0.2, 0) is 9.59 Å². The number of para-hydroxylation sites is 2. The summed E-state index contributed by atoms with van der Waals surface area (Å²) in [6.45, 7) is 0.480. The largest absolute Gasteiger partial charge is 0.454 e. The maximum absolute atomic E-state index is 12.8. The minimum Gasteiger partial charge on any atom is -0.454 e. The zero-order valence-corrected chi connectivity index (χ0v) is 17.5. The molecule has 1 aromatic heterocycles. The average molecular weight is 441 g/mol. The quantitative estimate of drug-likeness (QED) is 0.510. The lowest BCUT2D eigenvalue weighted by Gasteiger charge is -2.17. The van der Waals surface area contributed by atoms with Gasteiger partial charge >= 0.3 is 0 Å². The van der Waals surface area contributed by atoms with Gasteiger partial charge in [0.25, 0.3) is 0 Å². The van der Waals surface area contributed by atoms with Gasteiger partial charge in [0.15, 0.2) is 17.1 Å². The molecule has 0 spiro atoms. The number of fused-ring (bicyclic) bond motifs is 2. The van der Waals surface area contributed by atoms with Gasteiger partial charge in [-0.05, 0) is 48.5 Å². The third-order valence-electron chi connectivity index (χ3n) is 5.86. The van der Waals surface area contributed by atoms with Gasteiger partial charge in [-0.25, -0.2) is 4.98 Å². The highest BCUT2D eigenvalue weighted by molar-refractivity contribution is 6.03. The molecule has 33 heavy (non-hydrogen) atoms. The molecule has 3 heterocycles. The molecule has 8 heteroatoms. The molecular weight excluding hydrogens is 422 g/mol. The van der Waals surface area contributed by atoms with Crippen molar-refractivity contribution in [2.45, 2.75) is 6.42 Å². The Morgan fingerprint density at radius 3 is 2.67 bits per heavy atom. The van der Waals surface area contributed by atoms with Crippen LogP contribution in [0.25, 0.3) is 22.6 Å². The van der Waals surface area contributed by atoms with Crippen molar-refractivity contribution in [3.8, 4) is 23.0 Å². The normalized spacial score (nSPS) is 17.0. The lowest BCUT2D eigenvalue weighted by Crippen LogP contribution is -2.28. The highest BCUT2D eigenvalue weighted by Crippen LogP contribution is 2.37. The Kier molecular flexibility index (Phi) is 4.50. The fourth-order valence-corrected chi connectivity index (χ4v) is 4.12. The van der Waals surface area contributed by atoms with Gasteiger partial charge in [-0.2, -0.15) is 0 Å². The molecule has 6 rings (SSSR count). The first-order chi connectivity index (χ1) is 16.1. The van der Waals surface area contributed by atoms with E-state index in [1.54, 1.807) is 35.2 Å². The molecule has 8 nitrogen and oxygen atoms in total. The maximum atomic E-state index is 12.8. The summed E-state index contributed by atoms with van der Waals surface area (Å²) in [6.07, 6.45) is 0.154. The number of hydrogen-bond donors (Lipinski definition) is 1. The SMILES string of the molecule is O=C(Nc1ccc(-c2nc3ccccc3o2)cc1)C1CC(=O)N(c2ccc3c(c2)OCO3)C1. The molecule has 0 aliphatic carbocycles. The van der Waals surface area contributed by atoms with Crippen molar-refractivity contribution in [2.24, 2.45) is 5.92 Å². The number of hydrogen-bond acceptors (Lipinski definition) is 6. The number of aromatic nitrogens is 1. The second kappa shape index (κ2) is 7.67. The van der Waals surface area contributed by atoms with Gasteiger partial charge in [-0.1, -0.05) is 12.1 Å². The van der Waals surface area contributed by atoms with Crippen molar-refractivity contribution in [2.75, 3.05) is 23.6 Å². The first-order valence-corrected chi connectivity index (χ1v) is 10.6. The number of nitrogens with zero attached hydrogens (tertiary/aromatic N) is 2. The Hall–Kier alpha value is -4.33. The van der Waals surface area contributed by atoms with Crippen LogP contribution in [0.1, 0.15) is 6.42 Å². The molecular formula is C25H19N3O5. The fraction of sp³-hybridized carbons (Fsp3) is 0.160. The standard InChI is InChI=1S/C25H19N3O5/c29-23-11-16(13-28(23)18-9-10-21-22(12-18)32-14-31-21)24(30)26-17-7-5-15(6-8-17)25-27-19-3-1-2-4-20(19)33-25/h1-10,12,16H,11,13-14H2,(H,26,30). The molecule has 2 aliphatic heterocycles. The van der Waals surface area contributed by atoms with E-state index in [4.69, 9.17) is 13.9 Å². The minimum absolute atomic E-state index is 0.0969. The van der Waals surface area contributed by atoms with E-state index in [-0.39, 0.29) is 25.0 Å². The van der Waals surface area contributed by atoms with Crippen molar-refractivity contribution in [1.82, 2.24) is 4.98 Å². The third kappa shape index (κ3) is 3.55. The predicted molar refractivity (Wildman–Crippen MR) is 121 cm³/mol. The molecule has 1 saturated heterocycles. The van der Waals surface area contributed by atoms with E-state index >= 15 is 0 Å². The van der Waals surface area contributed by atoms with Crippen molar-refractivity contribution in [3.63, 3.8) is 0 Å². The lowest BCUT2D eigenvalue weighted by molar-refractivity contribution is -0.122. The average Bonchev–Trinajstić information content (AvgIpc) is 3.56. The Morgan fingerprint density at radius 1 is 1.00 bits per heavy atom. The number of ether oxygens (including phenoxy) is 2. The molecule has 0 saturated carbocycles. The van der Waals surface area contributed by atoms with Crippen molar-refractivity contribution in [3.05, 3.63) is 66.7 Å². The van der Waals surface area contributed by atoms with Crippen LogP contribution >= 0.6 is 0 Å². The molecule has 164 valence electrons. The number of nitrogens with one attached hydrogen (secondary N) is 1. The Bertz CT molecular complexity index is 1350. The molecule has 1 atom stereocenters. The van der Waals surface area contributed by atoms with E-state index in [1.807, 2.05) is 36.4 Å². The highest BCUT2D eigenvalue weighted by atomic mass is 16.7. The summed E-state index contributed by atoms with van der Waals surface area (Å²) in [4.78, 5) is 31.5. The van der Waals surface area contributed by atoms with Crippen molar-refractivity contribution in [1.29, 1.82) is 0 Å². The Labute approximate surface area is 188 Å². The molecule has 1 fully saturated rings. The van der Waals surface area contributed by atoms with Gasteiger partial charge in [0.1, 0.15) is 5.52 Å². The summed E-state index contributed by atoms with van der Waals surface area (Å²) >= 11 is 0. The fourth-order valence-electron chi connectivity index (χ4n) is 4.12. The van der Waals surface area contributed by atoms with E-state index in [0.29, 0.717) is 35.3 Å². The second-order valence-electron chi connectivity index (χ2n) is 8.00. The summed E-state index contributed by atoms with van der Waals surface area (Å²) < 4.78 is 16.5. The topological polar surface area (TPSA) is 93.9 Å². The Morgan fingerprint density at radius 2 is 1.82 bits per heavy atom. The van der Waals surface area contributed by atoms with Gasteiger partial charge in [-0.3, -0.25) is 9.59 Å². The first-order valence-electron chi connectivity index (χ1n) is 10.6. The second-order valence-corrected chi connectivity index (χ2v) is 8.00. The molecule has 4 aromatic rings. The van der Waals surface area contributed by atoms with E-state index < -0.39 is 5.92 Å². The number of amides is 2. The summed E-state index contributed by atoms with van der Waals surface area (Å²) in [7, 11) is 0. The summed E-state index contributed by atoms with van der Waals surface area (Å²) in [5, 5.41) is 2.91. The van der Waals surface area contributed by atoms with Gasteiger partial charge in [0.2, 0.25) is 24.5 Å². The lowest BCUT2D eigenvalue weighted by atomic mass is 10.1. The Balaban J connectivity index is 1.13. The molecule has 3 aromatic carbocycles. The van der Waals surface area contributed by atoms with Crippen molar-refractivity contribution >= 4 is 34.3 Å². The third-order valence-corrected chi connectivity index (χ3v) is 5.86. The maximum Gasteiger partial charge on any atom is 0.231 e. The smallest absolute Gasteiger partial charge is 0.231 e. The molecule has 0 radical (unpaired) electrons. The van der Waals surface area contributed by atoms with Gasteiger partial charge in [-0.15, -0.1) is 0 Å². The zero-order valence-electron chi connectivity index (χ0n) is 17.5. The zero-order chi connectivity index (χ0) is 22.4. The number of anilines is 2. The van der Waals surface area contributed by atoms with E-state index in [0.717, 1.165) is 16.7 Å². The van der Waals surface area contributed by atoms with Crippen LogP contribution in [0.5, 0.6) is 11.5 Å². The number of oxazole rings is 1. The van der Waals surface area contributed by atoms with Crippen LogP contribution in [0.3, 0.4) is 0 Å². The van der Waals surface area contributed by atoms with Gasteiger partial charge in [0.05, 0.1) is 5.92 Å².